The van der Waals surface area contributed by atoms with Gasteiger partial charge in [-0.25, -0.2) is 9.98 Å². The maximum atomic E-state index is 5.25. The van der Waals surface area contributed by atoms with Gasteiger partial charge in [-0.2, -0.15) is 0 Å². The van der Waals surface area contributed by atoms with E-state index in [2.05, 4.69) is 130 Å². The van der Waals surface area contributed by atoms with Crippen molar-refractivity contribution in [3.8, 4) is 5.69 Å². The lowest BCUT2D eigenvalue weighted by atomic mass is 10.1. The summed E-state index contributed by atoms with van der Waals surface area (Å²) in [4.78, 5) is 10.3. The smallest absolute Gasteiger partial charge is 0.204 e. The number of nitrogens with one attached hydrogen (secondary N) is 1. The number of amidine groups is 2. The predicted molar refractivity (Wildman–Crippen MR) is 182 cm³/mol. The molecule has 5 nitrogen and oxygen atoms in total. The summed E-state index contributed by atoms with van der Waals surface area (Å²) in [5.74, 6) is 1.51. The zero-order valence-electron chi connectivity index (χ0n) is 23.8. The van der Waals surface area contributed by atoms with Gasteiger partial charge in [-0.15, -0.1) is 0 Å². The van der Waals surface area contributed by atoms with E-state index in [0.717, 1.165) is 39.2 Å². The Bertz CT molecular complexity index is 2400. The minimum absolute atomic E-state index is 0.410. The molecule has 1 aliphatic heterocycles. The molecule has 0 radical (unpaired) electrons. The number of benzene rings is 6. The van der Waals surface area contributed by atoms with Crippen LogP contribution in [-0.4, -0.2) is 20.8 Å². The highest BCUT2D eigenvalue weighted by Crippen LogP contribution is 2.39. The summed E-state index contributed by atoms with van der Waals surface area (Å²) in [5.41, 5.74) is 7.73. The lowest BCUT2D eigenvalue weighted by molar-refractivity contribution is 0.516. The Morgan fingerprint density at radius 1 is 0.477 bits per heavy atom. The Hall–Kier alpha value is -5.94. The third-order valence-corrected chi connectivity index (χ3v) is 8.57. The molecule has 0 saturated heterocycles. The predicted octanol–water partition coefficient (Wildman–Crippen LogP) is 8.84. The molecule has 0 saturated carbocycles. The molecule has 9 rings (SSSR count). The van der Waals surface area contributed by atoms with Crippen LogP contribution >= 0.6 is 0 Å². The SMILES string of the molecule is c1ccc(C2=NC(n3c4ccccc4c4cc5c6ccccc6n(-c6ccccc6)c5cc43)NC(c3ccccc3)=N2)cc1. The Balaban J connectivity index is 1.35. The van der Waals surface area contributed by atoms with Gasteiger partial charge in [0.1, 0.15) is 5.84 Å². The Morgan fingerprint density at radius 3 is 1.77 bits per heavy atom. The molecule has 0 amide bonds. The van der Waals surface area contributed by atoms with Crippen LogP contribution in [0.2, 0.25) is 0 Å². The summed E-state index contributed by atoms with van der Waals surface area (Å²) in [6.45, 7) is 0. The average Bonchev–Trinajstić information content (AvgIpc) is 3.60. The quantitative estimate of drug-likeness (QED) is 0.228. The number of hydrogen-bond donors (Lipinski definition) is 1. The first-order valence-corrected chi connectivity index (χ1v) is 14.9. The molecule has 5 heteroatoms. The van der Waals surface area contributed by atoms with Crippen molar-refractivity contribution in [1.29, 1.82) is 0 Å². The zero-order chi connectivity index (χ0) is 29.0. The monoisotopic (exact) mass is 565 g/mol. The number of nitrogens with zero attached hydrogens (tertiary/aromatic N) is 4. The van der Waals surface area contributed by atoms with Gasteiger partial charge in [0.2, 0.25) is 6.29 Å². The van der Waals surface area contributed by atoms with Gasteiger partial charge < -0.3 is 14.5 Å². The van der Waals surface area contributed by atoms with E-state index in [4.69, 9.17) is 9.98 Å². The lowest BCUT2D eigenvalue weighted by Crippen LogP contribution is -2.36. The van der Waals surface area contributed by atoms with Gasteiger partial charge in [-0.05, 0) is 36.4 Å². The molecule has 44 heavy (non-hydrogen) atoms. The molecular formula is C39H27N5. The first-order chi connectivity index (χ1) is 21.8. The summed E-state index contributed by atoms with van der Waals surface area (Å²) in [5, 5.41) is 8.57. The molecule has 0 fully saturated rings. The number of rotatable bonds is 4. The van der Waals surface area contributed by atoms with Gasteiger partial charge >= 0.3 is 0 Å². The van der Waals surface area contributed by atoms with Crippen LogP contribution in [0.15, 0.2) is 162 Å². The molecule has 0 spiro atoms. The van der Waals surface area contributed by atoms with Crippen molar-refractivity contribution in [2.75, 3.05) is 0 Å². The maximum absolute atomic E-state index is 5.25. The molecule has 2 aromatic heterocycles. The lowest BCUT2D eigenvalue weighted by Gasteiger charge is -2.26. The van der Waals surface area contributed by atoms with Crippen LogP contribution in [0.25, 0.3) is 49.3 Å². The first kappa shape index (κ1) is 24.6. The highest BCUT2D eigenvalue weighted by molar-refractivity contribution is 6.19. The molecule has 1 aliphatic rings. The molecule has 0 bridgehead atoms. The minimum Gasteiger partial charge on any atom is -0.331 e. The highest BCUT2D eigenvalue weighted by Gasteiger charge is 2.25. The van der Waals surface area contributed by atoms with Gasteiger partial charge in [-0.3, -0.25) is 0 Å². The van der Waals surface area contributed by atoms with E-state index < -0.39 is 6.29 Å². The van der Waals surface area contributed by atoms with Crippen LogP contribution < -0.4 is 5.32 Å². The molecule has 1 unspecified atom stereocenters. The van der Waals surface area contributed by atoms with Gasteiger partial charge in [0.25, 0.3) is 0 Å². The maximum Gasteiger partial charge on any atom is 0.204 e. The van der Waals surface area contributed by atoms with E-state index >= 15 is 0 Å². The molecular weight excluding hydrogens is 538 g/mol. The van der Waals surface area contributed by atoms with Gasteiger partial charge in [0.15, 0.2) is 5.84 Å². The van der Waals surface area contributed by atoms with Gasteiger partial charge in [-0.1, -0.05) is 115 Å². The Labute approximate surface area is 254 Å². The normalized spacial score (nSPS) is 15.0. The second-order valence-electron chi connectivity index (χ2n) is 11.1. The number of hydrogen-bond acceptors (Lipinski definition) is 3. The van der Waals surface area contributed by atoms with Crippen LogP contribution in [0.1, 0.15) is 17.4 Å². The van der Waals surface area contributed by atoms with E-state index in [-0.39, 0.29) is 0 Å². The van der Waals surface area contributed by atoms with Crippen molar-refractivity contribution < 1.29 is 0 Å². The van der Waals surface area contributed by atoms with Crippen LogP contribution in [0.4, 0.5) is 0 Å². The third kappa shape index (κ3) is 3.80. The van der Waals surface area contributed by atoms with Gasteiger partial charge in [0.05, 0.1) is 22.1 Å². The first-order valence-electron chi connectivity index (χ1n) is 14.9. The number of aromatic nitrogens is 2. The highest BCUT2D eigenvalue weighted by atomic mass is 15.3. The minimum atomic E-state index is -0.410. The van der Waals surface area contributed by atoms with E-state index in [1.165, 1.54) is 27.1 Å². The van der Waals surface area contributed by atoms with Crippen molar-refractivity contribution in [3.63, 3.8) is 0 Å². The fourth-order valence-electron chi connectivity index (χ4n) is 6.61. The number of para-hydroxylation sites is 3. The third-order valence-electron chi connectivity index (χ3n) is 8.57. The fraction of sp³-hybridized carbons (Fsp3) is 0.0256. The Kier molecular flexibility index (Phi) is 5.50. The van der Waals surface area contributed by atoms with E-state index in [1.807, 2.05) is 36.4 Å². The van der Waals surface area contributed by atoms with E-state index in [1.54, 1.807) is 0 Å². The largest absolute Gasteiger partial charge is 0.331 e. The molecule has 3 heterocycles. The summed E-state index contributed by atoms with van der Waals surface area (Å²) < 4.78 is 4.70. The second kappa shape index (κ2) is 9.82. The van der Waals surface area contributed by atoms with Crippen LogP contribution in [0.5, 0.6) is 0 Å². The summed E-state index contributed by atoms with van der Waals surface area (Å²) in [6.07, 6.45) is -0.410. The summed E-state index contributed by atoms with van der Waals surface area (Å²) >= 11 is 0. The van der Waals surface area contributed by atoms with E-state index in [0.29, 0.717) is 5.84 Å². The van der Waals surface area contributed by atoms with Crippen molar-refractivity contribution >= 4 is 55.3 Å². The topological polar surface area (TPSA) is 46.6 Å². The average molecular weight is 566 g/mol. The number of aliphatic imine (C=N–C) groups is 2. The molecule has 0 aliphatic carbocycles. The molecule has 208 valence electrons. The molecule has 6 aromatic carbocycles. The van der Waals surface area contributed by atoms with Crippen LogP contribution in [0.3, 0.4) is 0 Å². The van der Waals surface area contributed by atoms with Gasteiger partial charge in [0, 0.05) is 38.4 Å². The van der Waals surface area contributed by atoms with Crippen molar-refractivity contribution in [2.24, 2.45) is 9.98 Å². The summed E-state index contributed by atoms with van der Waals surface area (Å²) in [6, 6.07) is 53.1. The molecule has 1 N–H and O–H groups in total. The number of fused-ring (bicyclic) bond motifs is 6. The van der Waals surface area contributed by atoms with Crippen LogP contribution in [-0.2, 0) is 0 Å². The van der Waals surface area contributed by atoms with E-state index in [9.17, 15) is 0 Å². The zero-order valence-corrected chi connectivity index (χ0v) is 23.8. The molecule has 8 aromatic rings. The van der Waals surface area contributed by atoms with Crippen molar-refractivity contribution in [3.05, 3.63) is 163 Å². The second-order valence-corrected chi connectivity index (χ2v) is 11.1. The van der Waals surface area contributed by atoms with Crippen LogP contribution in [0, 0.1) is 0 Å². The Morgan fingerprint density at radius 2 is 1.05 bits per heavy atom. The fourth-order valence-corrected chi connectivity index (χ4v) is 6.61. The standard InChI is InChI=1S/C39H27N5/c1-4-14-26(15-5-1)37-40-38(27-16-6-2-7-17-27)42-39(41-37)44-34-23-13-11-21-30(34)32-24-31-29-20-10-12-22-33(29)43(35(31)25-36(32)44)28-18-8-3-9-19-28/h1-25,39H,(H,40,41,42). The van der Waals surface area contributed by atoms with Crippen molar-refractivity contribution in [1.82, 2.24) is 14.5 Å². The molecule has 1 atom stereocenters. The summed E-state index contributed by atoms with van der Waals surface area (Å²) in [7, 11) is 0. The van der Waals surface area contributed by atoms with Crippen molar-refractivity contribution in [2.45, 2.75) is 6.29 Å².